The number of benzene rings is 1. The number of aromatic nitrogens is 1. The maximum atomic E-state index is 12.9. The van der Waals surface area contributed by atoms with Crippen molar-refractivity contribution in [2.24, 2.45) is 0 Å². The smallest absolute Gasteiger partial charge is 0.254 e. The van der Waals surface area contributed by atoms with E-state index in [4.69, 9.17) is 0 Å². The van der Waals surface area contributed by atoms with Crippen molar-refractivity contribution in [2.75, 3.05) is 11.9 Å². The van der Waals surface area contributed by atoms with Crippen molar-refractivity contribution in [1.29, 1.82) is 0 Å². The van der Waals surface area contributed by atoms with Crippen LogP contribution >= 0.6 is 0 Å². The molecule has 1 fully saturated rings. The van der Waals surface area contributed by atoms with E-state index in [1.807, 2.05) is 35.2 Å². The molecule has 132 valence electrons. The molecule has 0 saturated carbocycles. The predicted molar refractivity (Wildman–Crippen MR) is 102 cm³/mol. The summed E-state index contributed by atoms with van der Waals surface area (Å²) >= 11 is 0. The Morgan fingerprint density at radius 1 is 1.28 bits per heavy atom. The predicted octanol–water partition coefficient (Wildman–Crippen LogP) is 4.66. The van der Waals surface area contributed by atoms with Crippen LogP contribution in [-0.4, -0.2) is 28.4 Å². The van der Waals surface area contributed by atoms with Crippen molar-refractivity contribution in [2.45, 2.75) is 51.6 Å². The summed E-state index contributed by atoms with van der Waals surface area (Å²) < 4.78 is 0. The summed E-state index contributed by atoms with van der Waals surface area (Å²) in [6.07, 6.45) is 6.18. The van der Waals surface area contributed by atoms with E-state index in [1.54, 1.807) is 6.20 Å². The maximum Gasteiger partial charge on any atom is 0.254 e. The number of hydrogen-bond acceptors (Lipinski definition) is 3. The number of hydrogen-bond donors (Lipinski definition) is 1. The fourth-order valence-electron chi connectivity index (χ4n) is 3.55. The number of piperidine rings is 1. The molecule has 25 heavy (non-hydrogen) atoms. The van der Waals surface area contributed by atoms with Crippen LogP contribution in [0.25, 0.3) is 0 Å². The number of nitrogens with one attached hydrogen (secondary N) is 1. The van der Waals surface area contributed by atoms with Gasteiger partial charge in [-0.15, -0.1) is 0 Å². The van der Waals surface area contributed by atoms with Crippen molar-refractivity contribution >= 4 is 11.7 Å². The first-order chi connectivity index (χ1) is 12.2. The number of likely N-dealkylation sites (tertiary alicyclic amines) is 1. The van der Waals surface area contributed by atoms with Crippen LogP contribution in [0.15, 0.2) is 48.7 Å². The molecular formula is C21H27N3O. The largest absolute Gasteiger partial charge is 0.364 e. The van der Waals surface area contributed by atoms with Crippen LogP contribution in [0.1, 0.15) is 61.5 Å². The number of pyridine rings is 1. The van der Waals surface area contributed by atoms with E-state index < -0.39 is 0 Å². The van der Waals surface area contributed by atoms with E-state index in [0.717, 1.165) is 37.2 Å². The molecule has 1 aliphatic heterocycles. The summed E-state index contributed by atoms with van der Waals surface area (Å²) in [5.74, 6) is 0.872. The van der Waals surface area contributed by atoms with Gasteiger partial charge >= 0.3 is 0 Å². The Kier molecular flexibility index (Phi) is 5.69. The molecule has 1 aromatic heterocycles. The zero-order chi connectivity index (χ0) is 17.6. The van der Waals surface area contributed by atoms with E-state index in [0.29, 0.717) is 6.04 Å². The summed E-state index contributed by atoms with van der Waals surface area (Å²) in [5.41, 5.74) is 1.92. The highest BCUT2D eigenvalue weighted by Crippen LogP contribution is 2.23. The fourth-order valence-corrected chi connectivity index (χ4v) is 3.55. The number of nitrogens with zero attached hydrogens (tertiary/aromatic N) is 2. The van der Waals surface area contributed by atoms with Crippen molar-refractivity contribution in [3.63, 3.8) is 0 Å². The zero-order valence-corrected chi connectivity index (χ0v) is 15.1. The van der Waals surface area contributed by atoms with Crippen molar-refractivity contribution in [3.05, 3.63) is 59.8 Å². The Hall–Kier alpha value is -2.36. The first-order valence-corrected chi connectivity index (χ1v) is 9.27. The quantitative estimate of drug-likeness (QED) is 0.863. The van der Waals surface area contributed by atoms with Crippen LogP contribution in [-0.2, 0) is 0 Å². The summed E-state index contributed by atoms with van der Waals surface area (Å²) in [6, 6.07) is 14.5. The molecule has 4 heteroatoms. The van der Waals surface area contributed by atoms with E-state index in [2.05, 4.69) is 36.3 Å². The molecule has 1 aliphatic rings. The van der Waals surface area contributed by atoms with Crippen molar-refractivity contribution in [3.8, 4) is 0 Å². The van der Waals surface area contributed by atoms with Gasteiger partial charge in [0.15, 0.2) is 0 Å². The van der Waals surface area contributed by atoms with Gasteiger partial charge in [0.2, 0.25) is 0 Å². The molecule has 2 heterocycles. The molecule has 0 radical (unpaired) electrons. The molecule has 1 saturated heterocycles. The third-order valence-corrected chi connectivity index (χ3v) is 5.03. The summed E-state index contributed by atoms with van der Waals surface area (Å²) in [7, 11) is 0. The maximum absolute atomic E-state index is 12.9. The summed E-state index contributed by atoms with van der Waals surface area (Å²) in [4.78, 5) is 19.4. The number of carbonyl (C=O) groups excluding carboxylic acids is 1. The molecule has 1 N–H and O–H groups in total. The van der Waals surface area contributed by atoms with E-state index in [-0.39, 0.29) is 11.9 Å². The Bertz CT molecular complexity index is 701. The molecule has 2 unspecified atom stereocenters. The Labute approximate surface area is 150 Å². The van der Waals surface area contributed by atoms with Crippen LogP contribution in [0.2, 0.25) is 0 Å². The topological polar surface area (TPSA) is 45.2 Å². The molecule has 0 bridgehead atoms. The van der Waals surface area contributed by atoms with Crippen LogP contribution in [0.4, 0.5) is 5.82 Å². The molecular weight excluding hydrogens is 310 g/mol. The highest BCUT2D eigenvalue weighted by atomic mass is 16.2. The SMILES string of the molecule is CCC1CCCCN1C(=O)c1ccnc(NC(C)c2ccccc2)c1. The van der Waals surface area contributed by atoms with Gasteiger partial charge in [0, 0.05) is 30.4 Å². The Balaban J connectivity index is 1.73. The lowest BCUT2D eigenvalue weighted by atomic mass is 9.99. The lowest BCUT2D eigenvalue weighted by molar-refractivity contribution is 0.0608. The van der Waals surface area contributed by atoms with Gasteiger partial charge in [-0.3, -0.25) is 4.79 Å². The monoisotopic (exact) mass is 337 g/mol. The van der Waals surface area contributed by atoms with Crippen molar-refractivity contribution < 1.29 is 4.79 Å². The molecule has 1 aromatic carbocycles. The second kappa shape index (κ2) is 8.15. The third kappa shape index (κ3) is 4.19. The van der Waals surface area contributed by atoms with Crippen molar-refractivity contribution in [1.82, 2.24) is 9.88 Å². The first-order valence-electron chi connectivity index (χ1n) is 9.27. The minimum atomic E-state index is 0.129. The Morgan fingerprint density at radius 3 is 2.84 bits per heavy atom. The highest BCUT2D eigenvalue weighted by molar-refractivity contribution is 5.95. The van der Waals surface area contributed by atoms with E-state index in [9.17, 15) is 4.79 Å². The minimum Gasteiger partial charge on any atom is -0.364 e. The average Bonchev–Trinajstić information content (AvgIpc) is 2.68. The first kappa shape index (κ1) is 17.5. The van der Waals surface area contributed by atoms with Gasteiger partial charge in [0.05, 0.1) is 0 Å². The number of amides is 1. The fraction of sp³-hybridized carbons (Fsp3) is 0.429. The molecule has 3 rings (SSSR count). The van der Waals surface area contributed by atoms with E-state index in [1.165, 1.54) is 12.0 Å². The number of rotatable bonds is 5. The normalized spacial score (nSPS) is 18.6. The lowest BCUT2D eigenvalue weighted by Crippen LogP contribution is -2.43. The van der Waals surface area contributed by atoms with Crippen LogP contribution in [0.3, 0.4) is 0 Å². The van der Waals surface area contributed by atoms with E-state index >= 15 is 0 Å². The molecule has 2 atom stereocenters. The second-order valence-electron chi connectivity index (χ2n) is 6.76. The van der Waals surface area contributed by atoms with Crippen LogP contribution in [0, 0.1) is 0 Å². The van der Waals surface area contributed by atoms with Gasteiger partial charge in [-0.2, -0.15) is 0 Å². The molecule has 0 aliphatic carbocycles. The summed E-state index contributed by atoms with van der Waals surface area (Å²) in [6.45, 7) is 5.13. The number of anilines is 1. The zero-order valence-electron chi connectivity index (χ0n) is 15.1. The van der Waals surface area contributed by atoms with Gasteiger partial charge in [0.25, 0.3) is 5.91 Å². The second-order valence-corrected chi connectivity index (χ2v) is 6.76. The van der Waals surface area contributed by atoms with Crippen LogP contribution in [0.5, 0.6) is 0 Å². The molecule has 2 aromatic rings. The Morgan fingerprint density at radius 2 is 2.08 bits per heavy atom. The van der Waals surface area contributed by atoms with Gasteiger partial charge < -0.3 is 10.2 Å². The van der Waals surface area contributed by atoms with Gasteiger partial charge in [-0.1, -0.05) is 37.3 Å². The average molecular weight is 337 g/mol. The van der Waals surface area contributed by atoms with Gasteiger partial charge in [-0.25, -0.2) is 4.98 Å². The molecule has 0 spiro atoms. The third-order valence-electron chi connectivity index (χ3n) is 5.03. The summed E-state index contributed by atoms with van der Waals surface area (Å²) in [5, 5.41) is 3.40. The van der Waals surface area contributed by atoms with Gasteiger partial charge in [-0.05, 0) is 50.3 Å². The van der Waals surface area contributed by atoms with Crippen LogP contribution < -0.4 is 5.32 Å². The lowest BCUT2D eigenvalue weighted by Gasteiger charge is -2.35. The molecule has 4 nitrogen and oxygen atoms in total. The van der Waals surface area contributed by atoms with Gasteiger partial charge in [0.1, 0.15) is 5.82 Å². The highest BCUT2D eigenvalue weighted by Gasteiger charge is 2.26. The molecule has 1 amide bonds. The number of carbonyl (C=O) groups is 1. The minimum absolute atomic E-state index is 0.129. The standard InChI is InChI=1S/C21H27N3O/c1-3-19-11-7-8-14-24(19)21(25)18-12-13-22-20(15-18)23-16(2)17-9-5-4-6-10-17/h4-6,9-10,12-13,15-16,19H,3,7-8,11,14H2,1-2H3,(H,22,23).